The monoisotopic (exact) mass is 163 g/mol. The molecule has 0 spiro atoms. The molecule has 0 bridgehead atoms. The van der Waals surface area contributed by atoms with E-state index >= 15 is 0 Å². The van der Waals surface area contributed by atoms with Gasteiger partial charge in [-0.15, -0.1) is 0 Å². The highest BCUT2D eigenvalue weighted by Crippen LogP contribution is 2.14. The van der Waals surface area contributed by atoms with E-state index in [1.54, 1.807) is 0 Å². The van der Waals surface area contributed by atoms with Gasteiger partial charge in [-0.2, -0.15) is 4.98 Å². The van der Waals surface area contributed by atoms with E-state index in [-0.39, 0.29) is 5.69 Å². The number of nitrogens with zero attached hydrogens (tertiary/aromatic N) is 2. The van der Waals surface area contributed by atoms with Crippen molar-refractivity contribution < 1.29 is 0 Å². The largest absolute Gasteiger partial charge is 0.347 e. The molecule has 0 aromatic rings. The zero-order chi connectivity index (χ0) is 8.72. The highest BCUT2D eigenvalue weighted by atomic mass is 16.1. The molecular weight excluding hydrogens is 154 g/mol. The first kappa shape index (κ1) is 7.09. The number of pyridine rings is 1. The molecule has 2 rings (SSSR count). The van der Waals surface area contributed by atoms with Gasteiger partial charge in [0.25, 0.3) is 0 Å². The van der Waals surface area contributed by atoms with Crippen LogP contribution >= 0.6 is 0 Å². The molecule has 0 radical (unpaired) electrons. The maximum absolute atomic E-state index is 10.9. The Kier molecular flexibility index (Phi) is 1.30. The molecule has 0 unspecified atom stereocenters. The van der Waals surface area contributed by atoms with Gasteiger partial charge in [0.15, 0.2) is 5.82 Å². The molecule has 0 amide bonds. The molecule has 0 saturated carbocycles. The van der Waals surface area contributed by atoms with Crippen molar-refractivity contribution in [2.45, 2.75) is 6.92 Å². The first-order chi connectivity index (χ1) is 5.66. The molecule has 62 valence electrons. The molecule has 0 aliphatic carbocycles. The molecule has 2 aliphatic heterocycles. The SMILES string of the molecule is Cc1cc2[nH]c(=O)nc-2n(C)c1. The molecule has 0 aromatic heterocycles. The van der Waals surface area contributed by atoms with Crippen molar-refractivity contribution in [3.05, 3.63) is 28.3 Å². The molecule has 2 heterocycles. The van der Waals surface area contributed by atoms with Gasteiger partial charge >= 0.3 is 5.69 Å². The summed E-state index contributed by atoms with van der Waals surface area (Å²) in [7, 11) is 1.87. The number of aromatic amines is 1. The van der Waals surface area contributed by atoms with Gasteiger partial charge in [-0.1, -0.05) is 0 Å². The number of nitrogens with one attached hydrogen (secondary N) is 1. The standard InChI is InChI=1S/C8H9N3O/c1-5-3-6-7(11(2)4-5)10-8(12)9-6/h3-4H,1-2H3,(H,9,12). The van der Waals surface area contributed by atoms with Gasteiger partial charge in [0.1, 0.15) is 0 Å². The van der Waals surface area contributed by atoms with Gasteiger partial charge in [0, 0.05) is 13.2 Å². The summed E-state index contributed by atoms with van der Waals surface area (Å²) < 4.78 is 1.84. The topological polar surface area (TPSA) is 50.7 Å². The van der Waals surface area contributed by atoms with Crippen molar-refractivity contribution in [3.8, 4) is 11.5 Å². The Labute approximate surface area is 69.2 Å². The number of rotatable bonds is 0. The van der Waals surface area contributed by atoms with Crippen LogP contribution < -0.4 is 5.69 Å². The Hall–Kier alpha value is -1.58. The van der Waals surface area contributed by atoms with Crippen LogP contribution in [0, 0.1) is 6.92 Å². The number of H-pyrrole nitrogens is 1. The molecule has 0 aromatic carbocycles. The Balaban J connectivity index is 2.88. The quantitative estimate of drug-likeness (QED) is 0.615. The van der Waals surface area contributed by atoms with Gasteiger partial charge < -0.3 is 9.55 Å². The molecule has 0 fully saturated rings. The molecular formula is C8H9N3O. The second-order valence-electron chi connectivity index (χ2n) is 2.91. The minimum absolute atomic E-state index is 0.286. The van der Waals surface area contributed by atoms with Crippen LogP contribution in [0.5, 0.6) is 0 Å². The second kappa shape index (κ2) is 2.20. The fraction of sp³-hybridized carbons (Fsp3) is 0.250. The highest BCUT2D eigenvalue weighted by Gasteiger charge is 2.09. The lowest BCUT2D eigenvalue weighted by atomic mass is 10.2. The number of fused-ring (bicyclic) bond motifs is 1. The Morgan fingerprint density at radius 1 is 1.58 bits per heavy atom. The van der Waals surface area contributed by atoms with Crippen molar-refractivity contribution in [1.29, 1.82) is 0 Å². The van der Waals surface area contributed by atoms with Gasteiger partial charge in [0.05, 0.1) is 5.69 Å². The molecule has 4 nitrogen and oxygen atoms in total. The third-order valence-electron chi connectivity index (χ3n) is 1.79. The maximum Gasteiger partial charge on any atom is 0.347 e. The van der Waals surface area contributed by atoms with E-state index in [9.17, 15) is 4.79 Å². The van der Waals surface area contributed by atoms with E-state index in [0.29, 0.717) is 5.82 Å². The zero-order valence-corrected chi connectivity index (χ0v) is 6.96. The summed E-state index contributed by atoms with van der Waals surface area (Å²) in [5, 5.41) is 0. The predicted octanol–water partition coefficient (Wildman–Crippen LogP) is 0.522. The lowest BCUT2D eigenvalue weighted by molar-refractivity contribution is 0.879. The van der Waals surface area contributed by atoms with E-state index in [1.807, 2.05) is 30.8 Å². The van der Waals surface area contributed by atoms with Crippen LogP contribution in [0.25, 0.3) is 11.5 Å². The average molecular weight is 163 g/mol. The maximum atomic E-state index is 10.9. The normalized spacial score (nSPS) is 10.8. The fourth-order valence-electron chi connectivity index (χ4n) is 1.36. The van der Waals surface area contributed by atoms with E-state index < -0.39 is 0 Å². The van der Waals surface area contributed by atoms with Crippen LogP contribution in [0.3, 0.4) is 0 Å². The lowest BCUT2D eigenvalue weighted by Gasteiger charge is -2.05. The minimum atomic E-state index is -0.286. The van der Waals surface area contributed by atoms with Gasteiger partial charge in [-0.05, 0) is 18.6 Å². The van der Waals surface area contributed by atoms with Crippen molar-refractivity contribution >= 4 is 0 Å². The van der Waals surface area contributed by atoms with Crippen LogP contribution in [0.2, 0.25) is 0 Å². The summed E-state index contributed by atoms with van der Waals surface area (Å²) in [6, 6.07) is 1.91. The van der Waals surface area contributed by atoms with Crippen molar-refractivity contribution in [3.63, 3.8) is 0 Å². The number of hydrogen-bond acceptors (Lipinski definition) is 2. The van der Waals surface area contributed by atoms with Crippen molar-refractivity contribution in [1.82, 2.24) is 14.5 Å². The summed E-state index contributed by atoms with van der Waals surface area (Å²) in [5.41, 5.74) is 1.61. The number of aromatic nitrogens is 3. The van der Waals surface area contributed by atoms with Gasteiger partial charge in [-0.3, -0.25) is 0 Å². The first-order valence-corrected chi connectivity index (χ1v) is 3.70. The Morgan fingerprint density at radius 2 is 2.33 bits per heavy atom. The second-order valence-corrected chi connectivity index (χ2v) is 2.91. The van der Waals surface area contributed by atoms with E-state index in [2.05, 4.69) is 9.97 Å². The molecule has 0 atom stereocenters. The van der Waals surface area contributed by atoms with Crippen LogP contribution in [0.15, 0.2) is 17.1 Å². The molecule has 4 heteroatoms. The lowest BCUT2D eigenvalue weighted by Crippen LogP contribution is -2.01. The van der Waals surface area contributed by atoms with Crippen LogP contribution in [-0.4, -0.2) is 14.5 Å². The Bertz CT molecular complexity index is 440. The van der Waals surface area contributed by atoms with Crippen LogP contribution in [0.1, 0.15) is 5.56 Å². The summed E-state index contributed by atoms with van der Waals surface area (Å²) in [5.74, 6) is 0.700. The van der Waals surface area contributed by atoms with E-state index in [4.69, 9.17) is 0 Å². The molecule has 0 saturated heterocycles. The number of aryl methyl sites for hydroxylation is 2. The Morgan fingerprint density at radius 3 is 3.08 bits per heavy atom. The fourth-order valence-corrected chi connectivity index (χ4v) is 1.36. The smallest absolute Gasteiger partial charge is 0.334 e. The molecule has 1 N–H and O–H groups in total. The van der Waals surface area contributed by atoms with Gasteiger partial charge in [-0.25, -0.2) is 4.79 Å². The summed E-state index contributed by atoms with van der Waals surface area (Å²) in [6.45, 7) is 1.98. The zero-order valence-electron chi connectivity index (χ0n) is 6.96. The molecule has 2 aliphatic rings. The van der Waals surface area contributed by atoms with Gasteiger partial charge in [0.2, 0.25) is 0 Å². The summed E-state index contributed by atoms with van der Waals surface area (Å²) in [4.78, 5) is 17.3. The predicted molar refractivity (Wildman–Crippen MR) is 45.2 cm³/mol. The van der Waals surface area contributed by atoms with Crippen LogP contribution in [-0.2, 0) is 7.05 Å². The van der Waals surface area contributed by atoms with Crippen molar-refractivity contribution in [2.24, 2.45) is 7.05 Å². The first-order valence-electron chi connectivity index (χ1n) is 3.70. The summed E-state index contributed by atoms with van der Waals surface area (Å²) >= 11 is 0. The van der Waals surface area contributed by atoms with E-state index in [1.165, 1.54) is 0 Å². The van der Waals surface area contributed by atoms with Crippen molar-refractivity contribution in [2.75, 3.05) is 0 Å². The molecule has 12 heavy (non-hydrogen) atoms. The highest BCUT2D eigenvalue weighted by molar-refractivity contribution is 5.52. The number of hydrogen-bond donors (Lipinski definition) is 1. The van der Waals surface area contributed by atoms with Crippen LogP contribution in [0.4, 0.5) is 0 Å². The average Bonchev–Trinajstić information content (AvgIpc) is 2.29. The number of imidazole rings is 1. The summed E-state index contributed by atoms with van der Waals surface area (Å²) in [6.07, 6.45) is 1.93. The third kappa shape index (κ3) is 0.922. The van der Waals surface area contributed by atoms with E-state index in [0.717, 1.165) is 11.3 Å². The third-order valence-corrected chi connectivity index (χ3v) is 1.79. The minimum Gasteiger partial charge on any atom is -0.334 e.